The molecule has 0 amide bonds. The minimum atomic E-state index is -0.735. The number of esters is 1. The third-order valence-corrected chi connectivity index (χ3v) is 3.97. The van der Waals surface area contributed by atoms with Gasteiger partial charge in [-0.2, -0.15) is 0 Å². The molecule has 1 N–H and O–H groups in total. The lowest BCUT2D eigenvalue weighted by atomic mass is 9.97. The van der Waals surface area contributed by atoms with Crippen molar-refractivity contribution < 1.29 is 33.3 Å². The van der Waals surface area contributed by atoms with Crippen molar-refractivity contribution in [2.75, 3.05) is 14.2 Å². The molecule has 126 valence electrons. The molecule has 0 saturated carbocycles. The second-order valence-corrected chi connectivity index (χ2v) is 5.79. The van der Waals surface area contributed by atoms with Crippen molar-refractivity contribution in [1.82, 2.24) is 5.32 Å². The van der Waals surface area contributed by atoms with Crippen LogP contribution in [0.15, 0.2) is 0 Å². The van der Waals surface area contributed by atoms with Gasteiger partial charge in [0.15, 0.2) is 12.2 Å². The van der Waals surface area contributed by atoms with Gasteiger partial charge in [-0.25, -0.2) is 4.79 Å². The van der Waals surface area contributed by atoms with E-state index in [2.05, 4.69) is 5.32 Å². The van der Waals surface area contributed by atoms with Crippen LogP contribution in [-0.2, 0) is 28.5 Å². The molecule has 2 saturated heterocycles. The van der Waals surface area contributed by atoms with Crippen molar-refractivity contribution in [3.05, 3.63) is 0 Å². The molecule has 0 aliphatic carbocycles. The number of methoxy groups -OCH3 is 2. The van der Waals surface area contributed by atoms with E-state index in [0.717, 1.165) is 0 Å². The molecule has 2 aliphatic rings. The maximum atomic E-state index is 11.9. The van der Waals surface area contributed by atoms with Crippen LogP contribution >= 0.6 is 0 Å². The molecule has 8 heteroatoms. The Kier molecular flexibility index (Phi) is 5.25. The maximum Gasteiger partial charge on any atom is 0.509 e. The molecule has 1 unspecified atom stereocenters. The van der Waals surface area contributed by atoms with Crippen LogP contribution in [0.4, 0.5) is 4.79 Å². The number of nitrogens with one attached hydrogen (secondary N) is 1. The van der Waals surface area contributed by atoms with Crippen molar-refractivity contribution in [3.63, 3.8) is 0 Å². The van der Waals surface area contributed by atoms with Gasteiger partial charge in [-0.05, 0) is 12.8 Å². The fourth-order valence-electron chi connectivity index (χ4n) is 2.79. The highest BCUT2D eigenvalue weighted by Crippen LogP contribution is 2.31. The molecule has 0 radical (unpaired) electrons. The van der Waals surface area contributed by atoms with Crippen LogP contribution in [0, 0.1) is 5.92 Å². The number of carbonyl (C=O) groups is 2. The molecule has 22 heavy (non-hydrogen) atoms. The summed E-state index contributed by atoms with van der Waals surface area (Å²) in [5.41, 5.74) is 0. The minimum Gasteiger partial charge on any atom is -0.468 e. The van der Waals surface area contributed by atoms with E-state index in [0.29, 0.717) is 0 Å². The fraction of sp³-hybridized carbons (Fsp3) is 0.857. The Morgan fingerprint density at radius 1 is 1.23 bits per heavy atom. The van der Waals surface area contributed by atoms with Gasteiger partial charge >= 0.3 is 12.1 Å². The zero-order valence-corrected chi connectivity index (χ0v) is 13.4. The molecule has 0 aromatic carbocycles. The van der Waals surface area contributed by atoms with Crippen LogP contribution in [0.5, 0.6) is 0 Å². The van der Waals surface area contributed by atoms with E-state index in [-0.39, 0.29) is 18.0 Å². The van der Waals surface area contributed by atoms with Crippen LogP contribution in [0.1, 0.15) is 20.8 Å². The summed E-state index contributed by atoms with van der Waals surface area (Å²) in [6, 6.07) is -0.561. The fourth-order valence-corrected chi connectivity index (χ4v) is 2.79. The molecule has 8 nitrogen and oxygen atoms in total. The lowest BCUT2D eigenvalue weighted by Crippen LogP contribution is -2.63. The average Bonchev–Trinajstić information content (AvgIpc) is 2.86. The third kappa shape index (κ3) is 3.18. The molecule has 0 spiro atoms. The number of rotatable bonds is 5. The normalized spacial score (nSPS) is 35.5. The largest absolute Gasteiger partial charge is 0.509 e. The molecular formula is C14H23NO7. The Labute approximate surface area is 129 Å². The van der Waals surface area contributed by atoms with E-state index in [1.165, 1.54) is 14.2 Å². The highest BCUT2D eigenvalue weighted by molar-refractivity contribution is 5.76. The molecule has 2 aliphatic heterocycles. The number of hydrogen-bond acceptors (Lipinski definition) is 8. The SMILES string of the molecule is COC(=O)[C@@H](NC1O[C@@H](C)[C@H]2OC(=O)O[C@H]2[C@H]1OC)C(C)C. The maximum absolute atomic E-state index is 11.9. The Bertz CT molecular complexity index is 427. The summed E-state index contributed by atoms with van der Waals surface area (Å²) in [5.74, 6) is -0.396. The third-order valence-electron chi connectivity index (χ3n) is 3.97. The quantitative estimate of drug-likeness (QED) is 0.730. The smallest absolute Gasteiger partial charge is 0.468 e. The van der Waals surface area contributed by atoms with E-state index >= 15 is 0 Å². The zero-order chi connectivity index (χ0) is 16.4. The van der Waals surface area contributed by atoms with Gasteiger partial charge in [0.1, 0.15) is 18.4 Å². The van der Waals surface area contributed by atoms with E-state index in [9.17, 15) is 9.59 Å². The molecule has 2 fully saturated rings. The Balaban J connectivity index is 2.15. The highest BCUT2D eigenvalue weighted by Gasteiger charge is 2.53. The summed E-state index contributed by atoms with van der Waals surface area (Å²) >= 11 is 0. The van der Waals surface area contributed by atoms with E-state index < -0.39 is 36.7 Å². The lowest BCUT2D eigenvalue weighted by Gasteiger charge is -2.41. The summed E-state index contributed by atoms with van der Waals surface area (Å²) in [5, 5.41) is 3.10. The summed E-state index contributed by atoms with van der Waals surface area (Å²) in [6.45, 7) is 5.57. The van der Waals surface area contributed by atoms with Gasteiger partial charge in [0.25, 0.3) is 0 Å². The van der Waals surface area contributed by atoms with Gasteiger partial charge in [0.2, 0.25) is 0 Å². The first-order valence-corrected chi connectivity index (χ1v) is 7.28. The number of ether oxygens (including phenoxy) is 5. The second kappa shape index (κ2) is 6.80. The summed E-state index contributed by atoms with van der Waals surface area (Å²) in [7, 11) is 2.82. The topological polar surface area (TPSA) is 92.3 Å². The van der Waals surface area contributed by atoms with Gasteiger partial charge in [0.05, 0.1) is 13.2 Å². The van der Waals surface area contributed by atoms with Gasteiger partial charge in [0, 0.05) is 7.11 Å². The van der Waals surface area contributed by atoms with E-state index in [1.54, 1.807) is 6.92 Å². The van der Waals surface area contributed by atoms with E-state index in [1.807, 2.05) is 13.8 Å². The molecular weight excluding hydrogens is 294 g/mol. The van der Waals surface area contributed by atoms with Gasteiger partial charge < -0.3 is 23.7 Å². The molecule has 2 rings (SSSR count). The molecule has 0 aromatic heterocycles. The Morgan fingerprint density at radius 3 is 2.41 bits per heavy atom. The second-order valence-electron chi connectivity index (χ2n) is 5.79. The first kappa shape index (κ1) is 17.0. The molecule has 0 bridgehead atoms. The Morgan fingerprint density at radius 2 is 1.86 bits per heavy atom. The monoisotopic (exact) mass is 317 g/mol. The number of hydrogen-bond donors (Lipinski definition) is 1. The van der Waals surface area contributed by atoms with Crippen LogP contribution in [0.25, 0.3) is 0 Å². The predicted octanol–water partition coefficient (Wildman–Crippen LogP) is 0.437. The van der Waals surface area contributed by atoms with Crippen LogP contribution in [0.2, 0.25) is 0 Å². The Hall–Kier alpha value is -1.38. The summed E-state index contributed by atoms with van der Waals surface area (Å²) < 4.78 is 26.3. The van der Waals surface area contributed by atoms with Crippen molar-refractivity contribution in [2.24, 2.45) is 5.92 Å². The van der Waals surface area contributed by atoms with Crippen LogP contribution in [-0.4, -0.2) is 63.0 Å². The summed E-state index contributed by atoms with van der Waals surface area (Å²) in [4.78, 5) is 23.3. The van der Waals surface area contributed by atoms with Crippen molar-refractivity contribution >= 4 is 12.1 Å². The first-order chi connectivity index (χ1) is 10.4. The van der Waals surface area contributed by atoms with Crippen molar-refractivity contribution in [2.45, 2.75) is 57.5 Å². The van der Waals surface area contributed by atoms with E-state index in [4.69, 9.17) is 23.7 Å². The van der Waals surface area contributed by atoms with Gasteiger partial charge in [-0.15, -0.1) is 0 Å². The number of carbonyl (C=O) groups excluding carboxylic acids is 2. The first-order valence-electron chi connectivity index (χ1n) is 7.28. The average molecular weight is 317 g/mol. The predicted molar refractivity (Wildman–Crippen MR) is 74.1 cm³/mol. The van der Waals surface area contributed by atoms with Gasteiger partial charge in [-0.1, -0.05) is 13.8 Å². The zero-order valence-electron chi connectivity index (χ0n) is 13.4. The molecule has 0 aromatic rings. The van der Waals surface area contributed by atoms with Crippen LogP contribution < -0.4 is 5.32 Å². The summed E-state index contributed by atoms with van der Waals surface area (Å²) in [6.07, 6.45) is -3.43. The van der Waals surface area contributed by atoms with Crippen molar-refractivity contribution in [3.8, 4) is 0 Å². The molecule has 6 atom stereocenters. The van der Waals surface area contributed by atoms with Gasteiger partial charge in [-0.3, -0.25) is 10.1 Å². The number of fused-ring (bicyclic) bond motifs is 1. The van der Waals surface area contributed by atoms with Crippen molar-refractivity contribution in [1.29, 1.82) is 0 Å². The van der Waals surface area contributed by atoms with Crippen LogP contribution in [0.3, 0.4) is 0 Å². The highest BCUT2D eigenvalue weighted by atomic mass is 16.8. The lowest BCUT2D eigenvalue weighted by molar-refractivity contribution is -0.204. The standard InChI is InChI=1S/C14H23NO7/c1-6(2)8(13(16)19-5)15-12-11(18-4)10-9(7(3)20-12)21-14(17)22-10/h6-12,15H,1-5H3/t7-,8-,9+,10+,11+,12?/m0/s1. The molecule has 2 heterocycles. The minimum absolute atomic E-state index is 0.0102.